The van der Waals surface area contributed by atoms with Gasteiger partial charge in [-0.2, -0.15) is 0 Å². The molecule has 45 heavy (non-hydrogen) atoms. The molecule has 2 aliphatic heterocycles. The molecule has 1 unspecified atom stereocenters. The molecule has 3 aliphatic carbocycles. The fourth-order valence-corrected chi connectivity index (χ4v) is 8.42. The normalized spacial score (nSPS) is 28.6. The molecule has 5 fully saturated rings. The molecule has 0 aromatic carbocycles. The lowest BCUT2D eigenvalue weighted by molar-refractivity contribution is -0.141. The van der Waals surface area contributed by atoms with Gasteiger partial charge in [0.2, 0.25) is 11.9 Å². The number of fused-ring (bicyclic) bond motifs is 2. The van der Waals surface area contributed by atoms with Crippen molar-refractivity contribution in [3.05, 3.63) is 35.2 Å². The summed E-state index contributed by atoms with van der Waals surface area (Å²) in [6.45, 7) is 4.69. The number of carbonyl (C=O) groups is 2. The Balaban J connectivity index is 1.25. The maximum atomic E-state index is 13.5. The molecule has 12 heteroatoms. The maximum Gasteiger partial charge on any atom is 0.427 e. The van der Waals surface area contributed by atoms with Gasteiger partial charge in [-0.15, -0.1) is 5.48 Å². The quantitative estimate of drug-likeness (QED) is 0.361. The average molecular weight is 633 g/mol. The van der Waals surface area contributed by atoms with Crippen molar-refractivity contribution in [2.24, 2.45) is 17.8 Å². The van der Waals surface area contributed by atoms with E-state index in [-0.39, 0.29) is 18.0 Å². The van der Waals surface area contributed by atoms with Crippen molar-refractivity contribution in [3.8, 4) is 11.3 Å². The van der Waals surface area contributed by atoms with Crippen LogP contribution in [0.5, 0.6) is 0 Å². The van der Waals surface area contributed by atoms with Crippen LogP contribution < -0.4 is 15.7 Å². The summed E-state index contributed by atoms with van der Waals surface area (Å²) in [6.07, 6.45) is 13.5. The molecule has 3 atom stereocenters. The van der Waals surface area contributed by atoms with Crippen molar-refractivity contribution >= 4 is 40.6 Å². The number of rotatable bonds is 6. The molecule has 238 valence electrons. The lowest BCUT2D eigenvalue weighted by Crippen LogP contribution is -2.61. The minimum Gasteiger partial charge on any atom is -0.351 e. The summed E-state index contributed by atoms with van der Waals surface area (Å²) in [5.74, 6) is 2.82. The Morgan fingerprint density at radius 1 is 1.00 bits per heavy atom. The van der Waals surface area contributed by atoms with E-state index in [1.165, 1.54) is 32.1 Å². The van der Waals surface area contributed by atoms with Crippen LogP contribution in [-0.4, -0.2) is 61.6 Å². The summed E-state index contributed by atoms with van der Waals surface area (Å²) in [5, 5.41) is 3.31. The molecule has 3 aromatic heterocycles. The largest absolute Gasteiger partial charge is 0.427 e. The average Bonchev–Trinajstić information content (AvgIpc) is 3.75. The predicted molar refractivity (Wildman–Crippen MR) is 170 cm³/mol. The Bertz CT molecular complexity index is 1620. The first kappa shape index (κ1) is 29.0. The number of hydrogen-bond donors (Lipinski definition) is 2. The van der Waals surface area contributed by atoms with Gasteiger partial charge in [0, 0.05) is 43.5 Å². The van der Waals surface area contributed by atoms with Crippen LogP contribution in [0.15, 0.2) is 24.5 Å². The number of hydroxylamine groups is 1. The van der Waals surface area contributed by atoms with Crippen molar-refractivity contribution < 1.29 is 14.4 Å². The van der Waals surface area contributed by atoms with Crippen LogP contribution >= 0.6 is 11.6 Å². The number of halogens is 1. The Labute approximate surface area is 268 Å². The third-order valence-electron chi connectivity index (χ3n) is 10.9. The number of hydrogen-bond acceptors (Lipinski definition) is 8. The standard InChI is InChI=1S/C33H41ClN8O3/c1-19-8-10-20(11-9-19)18-42-29-24(15-25(30-38-33(44)45-39-30)36-28(29)22-14-23(34)17-35-16-22)37-32(42)41-13-12-40(26-6-3-7-27(26)41)31(43)21-4-2-5-21/h14-17,19-21,26-27,30,39H,2-13,18H2,1H3,(H,38,44)/t19?,20?,26-,27-,30?/m1/s1. The van der Waals surface area contributed by atoms with E-state index in [0.717, 1.165) is 85.9 Å². The number of anilines is 1. The molecular weight excluding hydrogens is 592 g/mol. The summed E-state index contributed by atoms with van der Waals surface area (Å²) in [7, 11) is 0. The summed E-state index contributed by atoms with van der Waals surface area (Å²) >= 11 is 6.46. The van der Waals surface area contributed by atoms with Gasteiger partial charge in [-0.25, -0.2) is 14.8 Å². The second kappa shape index (κ2) is 11.7. The van der Waals surface area contributed by atoms with Gasteiger partial charge in [0.25, 0.3) is 0 Å². The Morgan fingerprint density at radius 3 is 2.53 bits per heavy atom. The van der Waals surface area contributed by atoms with Gasteiger partial charge in [-0.05, 0) is 68.9 Å². The summed E-state index contributed by atoms with van der Waals surface area (Å²) in [6, 6.07) is 4.29. The lowest BCUT2D eigenvalue weighted by atomic mass is 9.83. The highest BCUT2D eigenvalue weighted by Gasteiger charge is 2.45. The van der Waals surface area contributed by atoms with Crippen LogP contribution in [-0.2, 0) is 16.2 Å². The third-order valence-corrected chi connectivity index (χ3v) is 11.1. The van der Waals surface area contributed by atoms with E-state index in [9.17, 15) is 9.59 Å². The molecule has 8 rings (SSSR count). The monoisotopic (exact) mass is 632 g/mol. The van der Waals surface area contributed by atoms with Gasteiger partial charge in [0.15, 0.2) is 6.17 Å². The van der Waals surface area contributed by atoms with Gasteiger partial charge in [0.05, 0.1) is 39.5 Å². The highest BCUT2D eigenvalue weighted by Crippen LogP contribution is 2.41. The van der Waals surface area contributed by atoms with Crippen LogP contribution in [0, 0.1) is 17.8 Å². The van der Waals surface area contributed by atoms with Crippen LogP contribution in [0.1, 0.15) is 83.0 Å². The first-order chi connectivity index (χ1) is 21.9. The number of amides is 2. The van der Waals surface area contributed by atoms with Crippen molar-refractivity contribution in [3.63, 3.8) is 0 Å². The molecule has 0 bridgehead atoms. The zero-order valence-corrected chi connectivity index (χ0v) is 26.5. The van der Waals surface area contributed by atoms with Crippen LogP contribution in [0.4, 0.5) is 10.7 Å². The molecule has 0 spiro atoms. The van der Waals surface area contributed by atoms with Crippen molar-refractivity contribution in [1.29, 1.82) is 0 Å². The van der Waals surface area contributed by atoms with Crippen LogP contribution in [0.2, 0.25) is 5.02 Å². The van der Waals surface area contributed by atoms with Crippen molar-refractivity contribution in [1.82, 2.24) is 35.2 Å². The van der Waals surface area contributed by atoms with Crippen LogP contribution in [0.3, 0.4) is 0 Å². The molecular formula is C33H41ClN8O3. The minimum atomic E-state index is -0.610. The number of carbonyl (C=O) groups excluding carboxylic acids is 2. The van der Waals surface area contributed by atoms with E-state index < -0.39 is 12.3 Å². The van der Waals surface area contributed by atoms with Gasteiger partial charge in [-0.1, -0.05) is 37.8 Å². The Morgan fingerprint density at radius 2 is 1.80 bits per heavy atom. The van der Waals surface area contributed by atoms with E-state index in [1.807, 2.05) is 12.1 Å². The number of aromatic nitrogens is 4. The SMILES string of the molecule is CC1CCC(Cn2c(N3CCN(C(=O)C4CCC4)[C@@H]4CCC[C@H]43)nc3cc(C4NOC(=O)N4)nc(-c4cncc(Cl)c4)c32)CC1. The Kier molecular flexibility index (Phi) is 7.56. The molecule has 2 saturated heterocycles. The highest BCUT2D eigenvalue weighted by molar-refractivity contribution is 6.30. The maximum absolute atomic E-state index is 13.5. The molecule has 5 heterocycles. The molecule has 11 nitrogen and oxygen atoms in total. The fourth-order valence-electron chi connectivity index (χ4n) is 8.25. The van der Waals surface area contributed by atoms with Crippen LogP contribution in [0.25, 0.3) is 22.3 Å². The highest BCUT2D eigenvalue weighted by atomic mass is 35.5. The number of pyridine rings is 2. The van der Waals surface area contributed by atoms with E-state index in [2.05, 4.69) is 37.1 Å². The minimum absolute atomic E-state index is 0.211. The third kappa shape index (κ3) is 5.31. The molecule has 2 amide bonds. The van der Waals surface area contributed by atoms with Gasteiger partial charge < -0.3 is 19.2 Å². The second-order valence-corrected chi connectivity index (χ2v) is 14.2. The van der Waals surface area contributed by atoms with Gasteiger partial charge in [0.1, 0.15) is 0 Å². The molecule has 3 aromatic rings. The summed E-state index contributed by atoms with van der Waals surface area (Å²) in [4.78, 5) is 50.0. The molecule has 5 aliphatic rings. The topological polar surface area (TPSA) is 118 Å². The number of nitrogens with one attached hydrogen (secondary N) is 2. The first-order valence-electron chi connectivity index (χ1n) is 16.7. The molecule has 2 N–H and O–H groups in total. The zero-order valence-electron chi connectivity index (χ0n) is 25.8. The van der Waals surface area contributed by atoms with Gasteiger partial charge >= 0.3 is 6.09 Å². The summed E-state index contributed by atoms with van der Waals surface area (Å²) < 4.78 is 2.40. The Hall–Kier alpha value is -3.44. The lowest BCUT2D eigenvalue weighted by Gasteiger charge is -2.47. The fraction of sp³-hybridized carbons (Fsp3) is 0.606. The summed E-state index contributed by atoms with van der Waals surface area (Å²) in [5.41, 5.74) is 6.62. The van der Waals surface area contributed by atoms with Gasteiger partial charge in [-0.3, -0.25) is 15.1 Å². The van der Waals surface area contributed by atoms with E-state index in [4.69, 9.17) is 26.4 Å². The number of nitrogens with zero attached hydrogens (tertiary/aromatic N) is 6. The van der Waals surface area contributed by atoms with Crippen molar-refractivity contribution in [2.75, 3.05) is 18.0 Å². The van der Waals surface area contributed by atoms with E-state index >= 15 is 0 Å². The smallest absolute Gasteiger partial charge is 0.351 e. The molecule has 0 radical (unpaired) electrons. The zero-order chi connectivity index (χ0) is 30.7. The predicted octanol–water partition coefficient (Wildman–Crippen LogP) is 5.59. The molecule has 3 saturated carbocycles. The second-order valence-electron chi connectivity index (χ2n) is 13.8. The van der Waals surface area contributed by atoms with E-state index in [1.54, 1.807) is 12.4 Å². The first-order valence-corrected chi connectivity index (χ1v) is 17.1. The number of piperazine rings is 1. The number of imidazole rings is 1. The van der Waals surface area contributed by atoms with E-state index in [0.29, 0.717) is 22.5 Å². The van der Waals surface area contributed by atoms with Crippen molar-refractivity contribution in [2.45, 2.75) is 95.9 Å².